The predicted octanol–water partition coefficient (Wildman–Crippen LogP) is 7.33. The molecular weight excluding hydrogens is 228 g/mol. The monoisotopic (exact) mass is 267 g/mol. The van der Waals surface area contributed by atoms with Gasteiger partial charge in [0.25, 0.3) is 0 Å². The van der Waals surface area contributed by atoms with Crippen LogP contribution in [0.2, 0.25) is 0 Å². The van der Waals surface area contributed by atoms with Gasteiger partial charge in [-0.2, -0.15) is 0 Å². The van der Waals surface area contributed by atoms with Crippen LogP contribution in [0.15, 0.2) is 0 Å². The molecule has 0 N–H and O–H groups in total. The summed E-state index contributed by atoms with van der Waals surface area (Å²) < 4.78 is 0. The molecule has 0 fully saturated rings. The highest BCUT2D eigenvalue weighted by Crippen LogP contribution is 2.23. The molecule has 0 amide bonds. The molecule has 0 aromatic carbocycles. The van der Waals surface area contributed by atoms with Crippen LogP contribution in [0.3, 0.4) is 0 Å². The third-order valence-electron chi connectivity index (χ3n) is 4.29. The van der Waals surface area contributed by atoms with Crippen molar-refractivity contribution in [3.8, 4) is 0 Å². The molecule has 0 aromatic rings. The molecule has 0 aliphatic rings. The van der Waals surface area contributed by atoms with E-state index in [9.17, 15) is 0 Å². The zero-order valence-corrected chi connectivity index (χ0v) is 13.9. The highest BCUT2D eigenvalue weighted by atomic mass is 14.1. The minimum Gasteiger partial charge on any atom is -0.0654 e. The van der Waals surface area contributed by atoms with E-state index in [0.29, 0.717) is 0 Å². The van der Waals surface area contributed by atoms with Crippen molar-refractivity contribution in [2.24, 2.45) is 5.92 Å². The summed E-state index contributed by atoms with van der Waals surface area (Å²) in [5.41, 5.74) is 0. The lowest BCUT2D eigenvalue weighted by Gasteiger charge is -2.16. The van der Waals surface area contributed by atoms with E-state index < -0.39 is 0 Å². The van der Waals surface area contributed by atoms with Crippen molar-refractivity contribution in [1.82, 2.24) is 0 Å². The molecule has 0 aliphatic heterocycles. The van der Waals surface area contributed by atoms with E-state index in [0.717, 1.165) is 12.3 Å². The Balaban J connectivity index is 3.63. The lowest BCUT2D eigenvalue weighted by Crippen LogP contribution is -2.01. The van der Waals surface area contributed by atoms with Crippen molar-refractivity contribution in [2.75, 3.05) is 0 Å². The standard InChI is InChI=1S/C19H39/c1-4-7-10-12-15-18-19(16-13-9-6-3)17-14-11-8-5-2/h19H,3-18H2,1-2H3. The molecule has 1 atom stereocenters. The van der Waals surface area contributed by atoms with Gasteiger partial charge in [-0.1, -0.05) is 117 Å². The minimum absolute atomic E-state index is 1.02. The molecule has 0 heterocycles. The van der Waals surface area contributed by atoms with Crippen LogP contribution in [0.1, 0.15) is 110 Å². The smallest absolute Gasteiger partial charge is 0.0414 e. The maximum atomic E-state index is 3.96. The second-order valence-electron chi connectivity index (χ2n) is 6.27. The van der Waals surface area contributed by atoms with Crippen LogP contribution in [-0.2, 0) is 0 Å². The Morgan fingerprint density at radius 2 is 1.00 bits per heavy atom. The number of rotatable bonds is 15. The second kappa shape index (κ2) is 16.1. The van der Waals surface area contributed by atoms with Crippen LogP contribution >= 0.6 is 0 Å². The maximum absolute atomic E-state index is 3.96. The number of unbranched alkanes of at least 4 members (excludes halogenated alkanes) is 9. The SMILES string of the molecule is [CH2]CCCCC(CCCCCC)CCCCCCC. The first-order chi connectivity index (χ1) is 9.35. The molecule has 0 nitrogen and oxygen atoms in total. The second-order valence-corrected chi connectivity index (χ2v) is 6.27. The summed E-state index contributed by atoms with van der Waals surface area (Å²) >= 11 is 0. The van der Waals surface area contributed by atoms with Gasteiger partial charge < -0.3 is 0 Å². The average Bonchev–Trinajstić information content (AvgIpc) is 2.42. The van der Waals surface area contributed by atoms with Crippen LogP contribution in [-0.4, -0.2) is 0 Å². The van der Waals surface area contributed by atoms with E-state index in [1.54, 1.807) is 0 Å². The summed E-state index contributed by atoms with van der Waals surface area (Å²) in [6.07, 6.45) is 21.2. The molecule has 0 rings (SSSR count). The van der Waals surface area contributed by atoms with Crippen molar-refractivity contribution in [1.29, 1.82) is 0 Å². The first-order valence-corrected chi connectivity index (χ1v) is 9.14. The van der Waals surface area contributed by atoms with Gasteiger partial charge in [-0.25, -0.2) is 0 Å². The fourth-order valence-electron chi connectivity index (χ4n) is 2.94. The van der Waals surface area contributed by atoms with Crippen molar-refractivity contribution >= 4 is 0 Å². The van der Waals surface area contributed by atoms with Gasteiger partial charge in [-0.3, -0.25) is 0 Å². The fourth-order valence-corrected chi connectivity index (χ4v) is 2.94. The van der Waals surface area contributed by atoms with E-state index in [-0.39, 0.29) is 0 Å². The molecular formula is C19H39. The fraction of sp³-hybridized carbons (Fsp3) is 0.947. The van der Waals surface area contributed by atoms with E-state index in [2.05, 4.69) is 20.8 Å². The van der Waals surface area contributed by atoms with Gasteiger partial charge in [0.15, 0.2) is 0 Å². The Morgan fingerprint density at radius 1 is 0.579 bits per heavy atom. The lowest BCUT2D eigenvalue weighted by atomic mass is 9.90. The Labute approximate surface area is 123 Å². The lowest BCUT2D eigenvalue weighted by molar-refractivity contribution is 0.370. The minimum atomic E-state index is 1.02. The van der Waals surface area contributed by atoms with Gasteiger partial charge >= 0.3 is 0 Å². The summed E-state index contributed by atoms with van der Waals surface area (Å²) in [6.45, 7) is 8.57. The molecule has 19 heavy (non-hydrogen) atoms. The zero-order chi connectivity index (χ0) is 14.2. The molecule has 1 radical (unpaired) electrons. The van der Waals surface area contributed by atoms with E-state index in [1.807, 2.05) is 0 Å². The van der Waals surface area contributed by atoms with Gasteiger partial charge in [0.2, 0.25) is 0 Å². The first kappa shape index (κ1) is 19.0. The topological polar surface area (TPSA) is 0 Å². The van der Waals surface area contributed by atoms with Crippen LogP contribution in [0.25, 0.3) is 0 Å². The molecule has 0 saturated heterocycles. The molecule has 0 heteroatoms. The van der Waals surface area contributed by atoms with Crippen LogP contribution in [0, 0.1) is 12.8 Å². The molecule has 115 valence electrons. The molecule has 0 saturated carbocycles. The maximum Gasteiger partial charge on any atom is -0.0414 e. The largest absolute Gasteiger partial charge is 0.0654 e. The van der Waals surface area contributed by atoms with Gasteiger partial charge in [0.1, 0.15) is 0 Å². The normalized spacial score (nSPS) is 12.8. The Kier molecular flexibility index (Phi) is 16.1. The van der Waals surface area contributed by atoms with Gasteiger partial charge in [0, 0.05) is 0 Å². The van der Waals surface area contributed by atoms with Gasteiger partial charge in [-0.15, -0.1) is 0 Å². The molecule has 0 bridgehead atoms. The zero-order valence-electron chi connectivity index (χ0n) is 13.9. The Morgan fingerprint density at radius 3 is 1.47 bits per heavy atom. The highest BCUT2D eigenvalue weighted by molar-refractivity contribution is 4.62. The summed E-state index contributed by atoms with van der Waals surface area (Å²) in [5, 5.41) is 0. The van der Waals surface area contributed by atoms with Crippen molar-refractivity contribution in [3.63, 3.8) is 0 Å². The first-order valence-electron chi connectivity index (χ1n) is 9.14. The third kappa shape index (κ3) is 14.2. The van der Waals surface area contributed by atoms with E-state index >= 15 is 0 Å². The Bertz CT molecular complexity index is 150. The molecule has 0 aliphatic carbocycles. The third-order valence-corrected chi connectivity index (χ3v) is 4.29. The van der Waals surface area contributed by atoms with Gasteiger partial charge in [0.05, 0.1) is 0 Å². The van der Waals surface area contributed by atoms with Crippen LogP contribution in [0.4, 0.5) is 0 Å². The van der Waals surface area contributed by atoms with E-state index in [4.69, 9.17) is 0 Å². The molecule has 1 unspecified atom stereocenters. The van der Waals surface area contributed by atoms with Crippen molar-refractivity contribution in [2.45, 2.75) is 110 Å². The number of hydrogen-bond acceptors (Lipinski definition) is 0. The number of hydrogen-bond donors (Lipinski definition) is 0. The van der Waals surface area contributed by atoms with Gasteiger partial charge in [-0.05, 0) is 5.92 Å². The van der Waals surface area contributed by atoms with Crippen molar-refractivity contribution in [3.05, 3.63) is 6.92 Å². The predicted molar refractivity (Wildman–Crippen MR) is 89.5 cm³/mol. The highest BCUT2D eigenvalue weighted by Gasteiger charge is 2.08. The molecule has 0 aromatic heterocycles. The van der Waals surface area contributed by atoms with Crippen molar-refractivity contribution < 1.29 is 0 Å². The summed E-state index contributed by atoms with van der Waals surface area (Å²) in [6, 6.07) is 0. The summed E-state index contributed by atoms with van der Waals surface area (Å²) in [5.74, 6) is 1.02. The molecule has 0 spiro atoms. The Hall–Kier alpha value is 0. The van der Waals surface area contributed by atoms with Crippen LogP contribution < -0.4 is 0 Å². The van der Waals surface area contributed by atoms with E-state index in [1.165, 1.54) is 89.9 Å². The summed E-state index contributed by atoms with van der Waals surface area (Å²) in [4.78, 5) is 0. The van der Waals surface area contributed by atoms with Crippen LogP contribution in [0.5, 0.6) is 0 Å². The average molecular weight is 268 g/mol. The quantitative estimate of drug-likeness (QED) is 0.272. The summed E-state index contributed by atoms with van der Waals surface area (Å²) in [7, 11) is 0.